The average Bonchev–Trinajstić information content (AvgIpc) is 3.01. The zero-order chi connectivity index (χ0) is 15.6. The van der Waals surface area contributed by atoms with Crippen LogP contribution in [-0.4, -0.2) is 4.37 Å². The first-order valence-electron chi connectivity index (χ1n) is 7.28. The number of rotatable bonds is 3. The minimum absolute atomic E-state index is 0.704. The van der Waals surface area contributed by atoms with E-state index < -0.39 is 0 Å². The van der Waals surface area contributed by atoms with E-state index in [1.165, 1.54) is 11.5 Å². The van der Waals surface area contributed by atoms with Crippen molar-refractivity contribution in [3.8, 4) is 11.1 Å². The monoisotopic (exact) mass is 336 g/mol. The van der Waals surface area contributed by atoms with Gasteiger partial charge in [0.05, 0.1) is 15.4 Å². The van der Waals surface area contributed by atoms with Crippen molar-refractivity contribution in [2.45, 2.75) is 0 Å². The van der Waals surface area contributed by atoms with Gasteiger partial charge in [-0.1, -0.05) is 66.2 Å². The highest BCUT2D eigenvalue weighted by molar-refractivity contribution is 7.13. The standard InChI is InChI=1S/C19H13ClN2S/c20-18-14(13-7-2-1-3-8-13)10-6-11-16(18)21-19-15-9-4-5-12-17(15)23-22-19/h1-12H,(H,21,22). The van der Waals surface area contributed by atoms with Gasteiger partial charge in [-0.3, -0.25) is 0 Å². The Balaban J connectivity index is 1.76. The van der Waals surface area contributed by atoms with Crippen LogP contribution in [0.4, 0.5) is 11.5 Å². The molecule has 0 spiro atoms. The van der Waals surface area contributed by atoms with Crippen LogP contribution in [0.15, 0.2) is 72.8 Å². The van der Waals surface area contributed by atoms with Crippen molar-refractivity contribution in [3.63, 3.8) is 0 Å². The number of nitrogens with zero attached hydrogens (tertiary/aromatic N) is 1. The fourth-order valence-corrected chi connectivity index (χ4v) is 3.59. The second-order valence-electron chi connectivity index (χ2n) is 5.19. The maximum atomic E-state index is 6.62. The van der Waals surface area contributed by atoms with E-state index in [1.807, 2.05) is 48.5 Å². The van der Waals surface area contributed by atoms with Gasteiger partial charge in [-0.05, 0) is 35.3 Å². The Morgan fingerprint density at radius 2 is 1.61 bits per heavy atom. The van der Waals surface area contributed by atoms with Crippen molar-refractivity contribution in [1.82, 2.24) is 4.37 Å². The number of fused-ring (bicyclic) bond motifs is 1. The highest BCUT2D eigenvalue weighted by Crippen LogP contribution is 2.36. The van der Waals surface area contributed by atoms with E-state index in [-0.39, 0.29) is 0 Å². The average molecular weight is 337 g/mol. The summed E-state index contributed by atoms with van der Waals surface area (Å²) in [5, 5.41) is 5.19. The van der Waals surface area contributed by atoms with Gasteiger partial charge >= 0.3 is 0 Å². The minimum Gasteiger partial charge on any atom is -0.338 e. The summed E-state index contributed by atoms with van der Waals surface area (Å²) in [4.78, 5) is 0. The van der Waals surface area contributed by atoms with Crippen molar-refractivity contribution >= 4 is 44.7 Å². The maximum Gasteiger partial charge on any atom is 0.152 e. The van der Waals surface area contributed by atoms with Crippen LogP contribution in [0.25, 0.3) is 21.2 Å². The molecule has 0 aliphatic rings. The number of hydrogen-bond acceptors (Lipinski definition) is 3. The normalized spacial score (nSPS) is 10.8. The van der Waals surface area contributed by atoms with Gasteiger partial charge in [-0.25, -0.2) is 0 Å². The molecule has 0 aliphatic carbocycles. The van der Waals surface area contributed by atoms with Gasteiger partial charge < -0.3 is 5.32 Å². The van der Waals surface area contributed by atoms with E-state index in [0.717, 1.165) is 32.7 Å². The molecule has 4 aromatic rings. The van der Waals surface area contributed by atoms with Gasteiger partial charge in [0.1, 0.15) is 0 Å². The Morgan fingerprint density at radius 3 is 2.48 bits per heavy atom. The van der Waals surface area contributed by atoms with Gasteiger partial charge in [0, 0.05) is 10.9 Å². The number of nitrogens with one attached hydrogen (secondary N) is 1. The summed E-state index contributed by atoms with van der Waals surface area (Å²) in [6, 6.07) is 24.3. The quantitative estimate of drug-likeness (QED) is 0.470. The predicted molar refractivity (Wildman–Crippen MR) is 99.8 cm³/mol. The van der Waals surface area contributed by atoms with E-state index in [1.54, 1.807) is 0 Å². The van der Waals surface area contributed by atoms with Crippen molar-refractivity contribution < 1.29 is 0 Å². The molecule has 1 heterocycles. The number of benzene rings is 3. The van der Waals surface area contributed by atoms with Gasteiger partial charge in [0.15, 0.2) is 5.82 Å². The molecule has 112 valence electrons. The molecule has 2 nitrogen and oxygen atoms in total. The molecule has 0 unspecified atom stereocenters. The molecule has 23 heavy (non-hydrogen) atoms. The molecule has 1 aromatic heterocycles. The van der Waals surface area contributed by atoms with Crippen LogP contribution in [0.2, 0.25) is 5.02 Å². The smallest absolute Gasteiger partial charge is 0.152 e. The molecule has 0 saturated heterocycles. The van der Waals surface area contributed by atoms with Crippen LogP contribution in [0.3, 0.4) is 0 Å². The van der Waals surface area contributed by atoms with Crippen LogP contribution in [-0.2, 0) is 0 Å². The third-order valence-corrected chi connectivity index (χ3v) is 4.95. The van der Waals surface area contributed by atoms with Crippen LogP contribution < -0.4 is 5.32 Å². The molecule has 0 aliphatic heterocycles. The maximum absolute atomic E-state index is 6.62. The third-order valence-electron chi connectivity index (χ3n) is 3.71. The number of anilines is 2. The lowest BCUT2D eigenvalue weighted by Crippen LogP contribution is -1.93. The second kappa shape index (κ2) is 6.03. The molecule has 0 radical (unpaired) electrons. The van der Waals surface area contributed by atoms with Crippen LogP contribution in [0.1, 0.15) is 0 Å². The fraction of sp³-hybridized carbons (Fsp3) is 0. The summed E-state index contributed by atoms with van der Waals surface area (Å²) in [6.07, 6.45) is 0. The number of hydrogen-bond donors (Lipinski definition) is 1. The molecule has 0 atom stereocenters. The summed E-state index contributed by atoms with van der Waals surface area (Å²) in [5.74, 6) is 0.845. The number of aromatic nitrogens is 1. The lowest BCUT2D eigenvalue weighted by Gasteiger charge is -2.11. The molecule has 0 amide bonds. The first kappa shape index (κ1) is 14.2. The van der Waals surface area contributed by atoms with E-state index in [4.69, 9.17) is 11.6 Å². The molecule has 0 saturated carbocycles. The van der Waals surface area contributed by atoms with Crippen molar-refractivity contribution in [3.05, 3.63) is 77.8 Å². The van der Waals surface area contributed by atoms with E-state index in [9.17, 15) is 0 Å². The predicted octanol–water partition coefficient (Wildman–Crippen LogP) is 6.36. The summed E-state index contributed by atoms with van der Waals surface area (Å²) >= 11 is 8.11. The Kier molecular flexibility index (Phi) is 3.74. The lowest BCUT2D eigenvalue weighted by molar-refractivity contribution is 1.48. The van der Waals surface area contributed by atoms with E-state index >= 15 is 0 Å². The zero-order valence-electron chi connectivity index (χ0n) is 12.2. The summed E-state index contributed by atoms with van der Waals surface area (Å²) in [5.41, 5.74) is 2.98. The molecule has 0 fully saturated rings. The zero-order valence-corrected chi connectivity index (χ0v) is 13.7. The van der Waals surface area contributed by atoms with E-state index in [2.05, 4.69) is 34.0 Å². The topological polar surface area (TPSA) is 24.9 Å². The van der Waals surface area contributed by atoms with Gasteiger partial charge in [0.2, 0.25) is 0 Å². The first-order chi connectivity index (χ1) is 11.3. The molecule has 4 rings (SSSR count). The molecule has 4 heteroatoms. The van der Waals surface area contributed by atoms with Crippen LogP contribution >= 0.6 is 23.1 Å². The van der Waals surface area contributed by atoms with E-state index in [0.29, 0.717) is 5.02 Å². The molecule has 3 aromatic carbocycles. The SMILES string of the molecule is Clc1c(Nc2nsc3ccccc23)cccc1-c1ccccc1. The van der Waals surface area contributed by atoms with Crippen LogP contribution in [0.5, 0.6) is 0 Å². The van der Waals surface area contributed by atoms with Gasteiger partial charge in [-0.2, -0.15) is 4.37 Å². The van der Waals surface area contributed by atoms with Gasteiger partial charge in [-0.15, -0.1) is 0 Å². The largest absolute Gasteiger partial charge is 0.338 e. The van der Waals surface area contributed by atoms with Gasteiger partial charge in [0.25, 0.3) is 0 Å². The molecule has 0 bridgehead atoms. The highest BCUT2D eigenvalue weighted by Gasteiger charge is 2.11. The minimum atomic E-state index is 0.704. The summed E-state index contributed by atoms with van der Waals surface area (Å²) < 4.78 is 5.66. The van der Waals surface area contributed by atoms with Crippen LogP contribution in [0, 0.1) is 0 Å². The number of halogens is 1. The summed E-state index contributed by atoms with van der Waals surface area (Å²) in [6.45, 7) is 0. The van der Waals surface area contributed by atoms with Crippen molar-refractivity contribution in [2.75, 3.05) is 5.32 Å². The van der Waals surface area contributed by atoms with Crippen molar-refractivity contribution in [1.29, 1.82) is 0 Å². The molecular weight excluding hydrogens is 324 g/mol. The van der Waals surface area contributed by atoms with Crippen molar-refractivity contribution in [2.24, 2.45) is 0 Å². The second-order valence-corrected chi connectivity index (χ2v) is 6.37. The molecule has 1 N–H and O–H groups in total. The Hall–Kier alpha value is -2.36. The highest BCUT2D eigenvalue weighted by atomic mass is 35.5. The Morgan fingerprint density at radius 1 is 0.826 bits per heavy atom. The Labute approximate surface area is 143 Å². The first-order valence-corrected chi connectivity index (χ1v) is 8.43. The lowest BCUT2D eigenvalue weighted by atomic mass is 10.1. The fourth-order valence-electron chi connectivity index (χ4n) is 2.57. The Bertz CT molecular complexity index is 963. The summed E-state index contributed by atoms with van der Waals surface area (Å²) in [7, 11) is 0. The molecular formula is C19H13ClN2S. The third kappa shape index (κ3) is 2.69.